The van der Waals surface area contributed by atoms with E-state index < -0.39 is 41.9 Å². The lowest BCUT2D eigenvalue weighted by molar-refractivity contribution is -0.208. The molecule has 0 aliphatic carbocycles. The first kappa shape index (κ1) is 22.4. The Morgan fingerprint density at radius 1 is 1.43 bits per heavy atom. The molecule has 0 saturated heterocycles. The van der Waals surface area contributed by atoms with Crippen molar-refractivity contribution in [3.05, 3.63) is 56.8 Å². The largest absolute Gasteiger partial charge is 0.452 e. The van der Waals surface area contributed by atoms with Gasteiger partial charge in [-0.2, -0.15) is 13.2 Å². The number of alkyl halides is 3. The maximum Gasteiger partial charge on any atom is 0.425 e. The van der Waals surface area contributed by atoms with Crippen molar-refractivity contribution < 1.29 is 27.1 Å². The van der Waals surface area contributed by atoms with Crippen LogP contribution in [0.5, 0.6) is 0 Å². The number of carbonyl (C=O) groups is 1. The predicted molar refractivity (Wildman–Crippen MR) is 104 cm³/mol. The molecule has 0 radical (unpaired) electrons. The van der Waals surface area contributed by atoms with E-state index in [2.05, 4.69) is 35.6 Å². The average Bonchev–Trinajstić information content (AvgIpc) is 2.61. The van der Waals surface area contributed by atoms with Gasteiger partial charge in [0.25, 0.3) is 6.02 Å². The van der Waals surface area contributed by atoms with Gasteiger partial charge in [-0.3, -0.25) is 14.8 Å². The minimum atomic E-state index is -4.73. The number of rotatable bonds is 4. The molecule has 2 aromatic rings. The molecule has 160 valence electrons. The summed E-state index contributed by atoms with van der Waals surface area (Å²) >= 11 is 9.20. The van der Waals surface area contributed by atoms with Crippen LogP contribution in [0.3, 0.4) is 0 Å². The van der Waals surface area contributed by atoms with Gasteiger partial charge in [0.05, 0.1) is 11.4 Å². The summed E-state index contributed by atoms with van der Waals surface area (Å²) in [5.74, 6) is -1.38. The van der Waals surface area contributed by atoms with Gasteiger partial charge in [0.1, 0.15) is 22.7 Å². The molecule has 3 heterocycles. The van der Waals surface area contributed by atoms with Gasteiger partial charge in [-0.15, -0.1) is 0 Å². The van der Waals surface area contributed by atoms with Crippen LogP contribution in [0.4, 0.5) is 17.6 Å². The van der Waals surface area contributed by atoms with E-state index in [0.717, 1.165) is 6.07 Å². The van der Waals surface area contributed by atoms with Gasteiger partial charge in [0, 0.05) is 22.8 Å². The molecule has 0 aromatic carbocycles. The van der Waals surface area contributed by atoms with E-state index in [1.807, 2.05) is 0 Å². The Labute approximate surface area is 181 Å². The molecule has 6 nitrogen and oxygen atoms in total. The van der Waals surface area contributed by atoms with Crippen LogP contribution in [0.2, 0.25) is 5.02 Å². The Kier molecular flexibility index (Phi) is 6.06. The first-order chi connectivity index (χ1) is 13.9. The monoisotopic (exact) mass is 508 g/mol. The number of Topliss-reactive ketones (excluding diaryl/α,β-unsaturated/α-hetero) is 1. The zero-order valence-electron chi connectivity index (χ0n) is 15.3. The third kappa shape index (κ3) is 4.72. The number of nitrogens with two attached hydrogens (primary N) is 1. The number of ketones is 1. The number of halogens is 6. The summed E-state index contributed by atoms with van der Waals surface area (Å²) in [6.45, 7) is 1.27. The number of hydrogen-bond acceptors (Lipinski definition) is 6. The van der Waals surface area contributed by atoms with Crippen molar-refractivity contribution in [3.63, 3.8) is 0 Å². The summed E-state index contributed by atoms with van der Waals surface area (Å²) in [6, 6.07) is 3.03. The fourth-order valence-electron chi connectivity index (χ4n) is 3.02. The topological polar surface area (TPSA) is 90.5 Å². The van der Waals surface area contributed by atoms with Crippen LogP contribution in [0.1, 0.15) is 35.2 Å². The first-order valence-corrected chi connectivity index (χ1v) is 9.65. The molecular weight excluding hydrogens is 496 g/mol. The standard InChI is InChI=1S/C18H14BrClF4N4O2/c1-17(6-13(18(22,23)24)30-16(25)28-17)15-11(21)3-2-9(27-15)5-12(29)14-10(20)4-8(19)7-26-14/h2-4,7,13H,5-6H2,1H3,(H2,25,28)/t13-,17-/m0/s1. The number of amidine groups is 1. The lowest BCUT2D eigenvalue weighted by Gasteiger charge is -2.35. The van der Waals surface area contributed by atoms with E-state index in [0.29, 0.717) is 4.47 Å². The molecule has 2 aromatic heterocycles. The molecule has 12 heteroatoms. The highest BCUT2D eigenvalue weighted by Gasteiger charge is 2.50. The van der Waals surface area contributed by atoms with Crippen molar-refractivity contribution in [1.82, 2.24) is 9.97 Å². The number of aliphatic imine (C=N–C) groups is 1. The van der Waals surface area contributed by atoms with Crippen molar-refractivity contribution in [2.24, 2.45) is 10.7 Å². The van der Waals surface area contributed by atoms with E-state index in [-0.39, 0.29) is 28.5 Å². The highest BCUT2D eigenvalue weighted by Crippen LogP contribution is 2.40. The summed E-state index contributed by atoms with van der Waals surface area (Å²) in [7, 11) is 0. The van der Waals surface area contributed by atoms with Gasteiger partial charge in [-0.1, -0.05) is 11.6 Å². The van der Waals surface area contributed by atoms with Crippen LogP contribution < -0.4 is 5.73 Å². The molecule has 0 unspecified atom stereocenters. The van der Waals surface area contributed by atoms with Gasteiger partial charge in [-0.25, -0.2) is 9.38 Å². The maximum absolute atomic E-state index is 14.5. The van der Waals surface area contributed by atoms with Crippen LogP contribution in [-0.2, 0) is 16.7 Å². The first-order valence-electron chi connectivity index (χ1n) is 8.48. The van der Waals surface area contributed by atoms with E-state index in [1.165, 1.54) is 25.3 Å². The van der Waals surface area contributed by atoms with E-state index in [1.54, 1.807) is 0 Å². The molecule has 3 rings (SSSR count). The number of aromatic nitrogens is 2. The number of ether oxygens (including phenoxy) is 1. The normalized spacial score (nSPS) is 21.7. The molecule has 2 atom stereocenters. The molecule has 1 aliphatic rings. The fourth-order valence-corrected chi connectivity index (χ4v) is 3.76. The smallest absolute Gasteiger partial charge is 0.425 e. The molecule has 0 saturated carbocycles. The lowest BCUT2D eigenvalue weighted by atomic mass is 9.89. The number of pyridine rings is 2. The zero-order chi connectivity index (χ0) is 22.3. The molecule has 0 amide bonds. The lowest BCUT2D eigenvalue weighted by Crippen LogP contribution is -2.46. The maximum atomic E-state index is 14.5. The SMILES string of the molecule is C[C@@]1(c2nc(CC(=O)c3ncc(Br)cc3Cl)ccc2F)C[C@@H](C(F)(F)F)OC(N)=N1. The van der Waals surface area contributed by atoms with Gasteiger partial charge in [0.2, 0.25) is 0 Å². The molecule has 0 fully saturated rings. The van der Waals surface area contributed by atoms with Crippen LogP contribution in [-0.4, -0.2) is 34.1 Å². The molecule has 30 heavy (non-hydrogen) atoms. The van der Waals surface area contributed by atoms with Gasteiger partial charge >= 0.3 is 6.18 Å². The van der Waals surface area contributed by atoms with Gasteiger partial charge in [-0.05, 0) is 41.1 Å². The third-order valence-corrected chi connectivity index (χ3v) is 5.12. The minimum absolute atomic E-state index is 0.00998. The average molecular weight is 510 g/mol. The number of nitrogens with zero attached hydrogens (tertiary/aromatic N) is 3. The second kappa shape index (κ2) is 8.10. The van der Waals surface area contributed by atoms with E-state index in [9.17, 15) is 22.4 Å². The number of carbonyl (C=O) groups excluding carboxylic acids is 1. The number of hydrogen-bond donors (Lipinski definition) is 1. The predicted octanol–water partition coefficient (Wildman–Crippen LogP) is 4.34. The molecule has 1 aliphatic heterocycles. The zero-order valence-corrected chi connectivity index (χ0v) is 17.6. The third-order valence-electron chi connectivity index (χ3n) is 4.40. The Morgan fingerprint density at radius 2 is 2.13 bits per heavy atom. The van der Waals surface area contributed by atoms with Crippen molar-refractivity contribution in [2.75, 3.05) is 0 Å². The Balaban J connectivity index is 1.93. The quantitative estimate of drug-likeness (QED) is 0.489. The summed E-state index contributed by atoms with van der Waals surface area (Å²) in [5.41, 5.74) is 3.40. The van der Waals surface area contributed by atoms with E-state index in [4.69, 9.17) is 17.3 Å². The fraction of sp³-hybridized carbons (Fsp3) is 0.333. The van der Waals surface area contributed by atoms with Gasteiger partial charge in [0.15, 0.2) is 11.9 Å². The summed E-state index contributed by atoms with van der Waals surface area (Å²) in [5, 5.41) is 0.110. The van der Waals surface area contributed by atoms with Crippen molar-refractivity contribution in [2.45, 2.75) is 37.6 Å². The van der Waals surface area contributed by atoms with Crippen LogP contribution >= 0.6 is 27.5 Å². The highest BCUT2D eigenvalue weighted by molar-refractivity contribution is 9.10. The van der Waals surface area contributed by atoms with Crippen LogP contribution in [0.25, 0.3) is 0 Å². The summed E-state index contributed by atoms with van der Waals surface area (Å²) in [6.07, 6.45) is -6.62. The Morgan fingerprint density at radius 3 is 2.77 bits per heavy atom. The second-order valence-corrected chi connectivity index (χ2v) is 8.12. The van der Waals surface area contributed by atoms with Crippen molar-refractivity contribution in [1.29, 1.82) is 0 Å². The van der Waals surface area contributed by atoms with E-state index >= 15 is 0 Å². The van der Waals surface area contributed by atoms with Crippen LogP contribution in [0, 0.1) is 5.82 Å². The van der Waals surface area contributed by atoms with Crippen LogP contribution in [0.15, 0.2) is 33.9 Å². The van der Waals surface area contributed by atoms with Gasteiger partial charge < -0.3 is 10.5 Å². The highest BCUT2D eigenvalue weighted by atomic mass is 79.9. The molecule has 0 bridgehead atoms. The van der Waals surface area contributed by atoms with Crippen molar-refractivity contribution >= 4 is 39.3 Å². The Bertz CT molecular complexity index is 1030. The second-order valence-electron chi connectivity index (χ2n) is 6.79. The molecule has 0 spiro atoms. The minimum Gasteiger partial charge on any atom is -0.452 e. The molecule has 2 N–H and O–H groups in total. The van der Waals surface area contributed by atoms with Crippen molar-refractivity contribution in [3.8, 4) is 0 Å². The summed E-state index contributed by atoms with van der Waals surface area (Å²) < 4.78 is 59.1. The Hall–Kier alpha value is -2.27. The summed E-state index contributed by atoms with van der Waals surface area (Å²) in [4.78, 5) is 24.4. The molecular formula is C18H14BrClF4N4O2.